The molecule has 0 aliphatic heterocycles. The standard InChI is InChI=1S/C15H15ClN2O3S2/c1-22-13-4-2-3-12(9-13)18-15(19)10-17-23(20,21)14-7-5-11(16)6-8-14/h2-9,17H,10H2,1H3,(H,18,19). The van der Waals surface area contributed by atoms with Gasteiger partial charge in [-0.1, -0.05) is 17.7 Å². The van der Waals surface area contributed by atoms with Crippen LogP contribution in [-0.4, -0.2) is 27.1 Å². The Kier molecular flexibility index (Phi) is 6.06. The van der Waals surface area contributed by atoms with E-state index in [2.05, 4.69) is 10.0 Å². The first-order valence-corrected chi connectivity index (χ1v) is 9.68. The van der Waals surface area contributed by atoms with Crippen molar-refractivity contribution in [3.05, 3.63) is 53.6 Å². The van der Waals surface area contributed by atoms with Crippen molar-refractivity contribution in [3.8, 4) is 0 Å². The molecule has 8 heteroatoms. The fourth-order valence-electron chi connectivity index (χ4n) is 1.76. The zero-order valence-corrected chi connectivity index (χ0v) is 14.6. The molecule has 1 amide bonds. The number of benzene rings is 2. The summed E-state index contributed by atoms with van der Waals surface area (Å²) in [4.78, 5) is 12.9. The third-order valence-corrected chi connectivity index (χ3v) is 5.29. The molecule has 0 saturated heterocycles. The van der Waals surface area contributed by atoms with Gasteiger partial charge in [-0.3, -0.25) is 4.79 Å². The molecule has 23 heavy (non-hydrogen) atoms. The summed E-state index contributed by atoms with van der Waals surface area (Å²) in [6, 6.07) is 13.0. The zero-order chi connectivity index (χ0) is 16.9. The number of thioether (sulfide) groups is 1. The van der Waals surface area contributed by atoms with Crippen molar-refractivity contribution in [2.24, 2.45) is 0 Å². The second kappa shape index (κ2) is 7.83. The molecule has 0 saturated carbocycles. The van der Waals surface area contributed by atoms with Crippen molar-refractivity contribution in [2.45, 2.75) is 9.79 Å². The molecule has 0 fully saturated rings. The maximum Gasteiger partial charge on any atom is 0.241 e. The van der Waals surface area contributed by atoms with Crippen LogP contribution >= 0.6 is 23.4 Å². The van der Waals surface area contributed by atoms with Gasteiger partial charge in [0.05, 0.1) is 11.4 Å². The first-order chi connectivity index (χ1) is 10.9. The Hall–Kier alpha value is -1.54. The quantitative estimate of drug-likeness (QED) is 0.766. The van der Waals surface area contributed by atoms with Crippen molar-refractivity contribution in [3.63, 3.8) is 0 Å². The SMILES string of the molecule is CSc1cccc(NC(=O)CNS(=O)(=O)c2ccc(Cl)cc2)c1. The van der Waals surface area contributed by atoms with Gasteiger partial charge in [0.15, 0.2) is 0 Å². The number of rotatable bonds is 6. The van der Waals surface area contributed by atoms with Gasteiger partial charge in [-0.25, -0.2) is 13.1 Å². The van der Waals surface area contributed by atoms with E-state index in [1.165, 1.54) is 24.3 Å². The smallest absolute Gasteiger partial charge is 0.241 e. The van der Waals surface area contributed by atoms with Crippen molar-refractivity contribution in [1.29, 1.82) is 0 Å². The van der Waals surface area contributed by atoms with E-state index in [0.717, 1.165) is 4.90 Å². The molecule has 5 nitrogen and oxygen atoms in total. The lowest BCUT2D eigenvalue weighted by Gasteiger charge is -2.08. The molecule has 0 bridgehead atoms. The van der Waals surface area contributed by atoms with Gasteiger partial charge >= 0.3 is 0 Å². The number of nitrogens with one attached hydrogen (secondary N) is 2. The Morgan fingerprint density at radius 2 is 1.87 bits per heavy atom. The number of carbonyl (C=O) groups excluding carboxylic acids is 1. The van der Waals surface area contributed by atoms with Crippen molar-refractivity contribution in [2.75, 3.05) is 18.1 Å². The van der Waals surface area contributed by atoms with Gasteiger partial charge in [-0.2, -0.15) is 0 Å². The predicted molar refractivity (Wildman–Crippen MR) is 93.5 cm³/mol. The van der Waals surface area contributed by atoms with E-state index < -0.39 is 15.9 Å². The van der Waals surface area contributed by atoms with Gasteiger partial charge in [0.1, 0.15) is 0 Å². The van der Waals surface area contributed by atoms with Crippen molar-refractivity contribution in [1.82, 2.24) is 4.72 Å². The van der Waals surface area contributed by atoms with Crippen LogP contribution in [0.5, 0.6) is 0 Å². The van der Waals surface area contributed by atoms with Gasteiger partial charge < -0.3 is 5.32 Å². The van der Waals surface area contributed by atoms with Crippen LogP contribution in [0.15, 0.2) is 58.3 Å². The molecule has 0 spiro atoms. The molecule has 2 aromatic rings. The van der Waals surface area contributed by atoms with Crippen LogP contribution in [0, 0.1) is 0 Å². The fourth-order valence-corrected chi connectivity index (χ4v) is 3.33. The Morgan fingerprint density at radius 1 is 1.17 bits per heavy atom. The first-order valence-electron chi connectivity index (χ1n) is 6.60. The Bertz CT molecular complexity index is 793. The summed E-state index contributed by atoms with van der Waals surface area (Å²) < 4.78 is 26.4. The summed E-state index contributed by atoms with van der Waals surface area (Å²) in [5.74, 6) is -0.444. The highest BCUT2D eigenvalue weighted by Gasteiger charge is 2.15. The normalized spacial score (nSPS) is 11.2. The molecule has 2 rings (SSSR count). The first kappa shape index (κ1) is 17.8. The third-order valence-electron chi connectivity index (χ3n) is 2.90. The monoisotopic (exact) mass is 370 g/mol. The van der Waals surface area contributed by atoms with Gasteiger partial charge in [0, 0.05) is 15.6 Å². The Morgan fingerprint density at radius 3 is 2.52 bits per heavy atom. The van der Waals surface area contributed by atoms with Gasteiger partial charge in [0.2, 0.25) is 15.9 Å². The van der Waals surface area contributed by atoms with Crippen LogP contribution in [0.1, 0.15) is 0 Å². The predicted octanol–water partition coefficient (Wildman–Crippen LogP) is 2.98. The molecule has 0 aromatic heterocycles. The van der Waals surface area contributed by atoms with E-state index in [-0.39, 0.29) is 11.4 Å². The highest BCUT2D eigenvalue weighted by Crippen LogP contribution is 2.19. The highest BCUT2D eigenvalue weighted by atomic mass is 35.5. The van der Waals surface area contributed by atoms with E-state index in [9.17, 15) is 13.2 Å². The van der Waals surface area contributed by atoms with E-state index in [1.807, 2.05) is 24.5 Å². The molecule has 2 N–H and O–H groups in total. The van der Waals surface area contributed by atoms with E-state index in [1.54, 1.807) is 17.8 Å². The number of sulfonamides is 1. The molecule has 0 radical (unpaired) electrons. The van der Waals surface area contributed by atoms with Crippen molar-refractivity contribution >= 4 is 45.0 Å². The van der Waals surface area contributed by atoms with Crippen LogP contribution in [0.3, 0.4) is 0 Å². The lowest BCUT2D eigenvalue weighted by molar-refractivity contribution is -0.115. The summed E-state index contributed by atoms with van der Waals surface area (Å²) in [6.07, 6.45) is 1.93. The fraction of sp³-hybridized carbons (Fsp3) is 0.133. The Labute approximate surface area is 144 Å². The number of hydrogen-bond acceptors (Lipinski definition) is 4. The Balaban J connectivity index is 1.96. The third kappa shape index (κ3) is 5.24. The van der Waals surface area contributed by atoms with Gasteiger partial charge in [0.25, 0.3) is 0 Å². The summed E-state index contributed by atoms with van der Waals surface area (Å²) in [6.45, 7) is -0.353. The second-order valence-electron chi connectivity index (χ2n) is 4.56. The minimum absolute atomic E-state index is 0.0547. The van der Waals surface area contributed by atoms with Gasteiger partial charge in [-0.15, -0.1) is 11.8 Å². The molecule has 0 atom stereocenters. The molecule has 0 heterocycles. The van der Waals surface area contributed by atoms with Crippen molar-refractivity contribution < 1.29 is 13.2 Å². The van der Waals surface area contributed by atoms with Gasteiger partial charge in [-0.05, 0) is 48.7 Å². The minimum Gasteiger partial charge on any atom is -0.325 e. The molecule has 2 aromatic carbocycles. The minimum atomic E-state index is -3.75. The molecule has 0 aliphatic rings. The molecular formula is C15H15ClN2O3S2. The largest absolute Gasteiger partial charge is 0.325 e. The average molecular weight is 371 g/mol. The summed E-state index contributed by atoms with van der Waals surface area (Å²) in [7, 11) is -3.75. The molecule has 0 aliphatic carbocycles. The summed E-state index contributed by atoms with van der Waals surface area (Å²) >= 11 is 7.28. The van der Waals surface area contributed by atoms with Crippen LogP contribution in [-0.2, 0) is 14.8 Å². The summed E-state index contributed by atoms with van der Waals surface area (Å²) in [5.41, 5.74) is 0.618. The lowest BCUT2D eigenvalue weighted by Crippen LogP contribution is -2.32. The second-order valence-corrected chi connectivity index (χ2v) is 7.64. The molecular weight excluding hydrogens is 356 g/mol. The van der Waals surface area contributed by atoms with E-state index >= 15 is 0 Å². The van der Waals surface area contributed by atoms with Crippen LogP contribution in [0.4, 0.5) is 5.69 Å². The molecule has 0 unspecified atom stereocenters. The number of carbonyl (C=O) groups is 1. The van der Waals surface area contributed by atoms with Crippen LogP contribution < -0.4 is 10.0 Å². The number of hydrogen-bond donors (Lipinski definition) is 2. The number of anilines is 1. The highest BCUT2D eigenvalue weighted by molar-refractivity contribution is 7.98. The zero-order valence-electron chi connectivity index (χ0n) is 12.2. The average Bonchev–Trinajstić information content (AvgIpc) is 2.54. The van der Waals surface area contributed by atoms with Crippen LogP contribution in [0.2, 0.25) is 5.02 Å². The lowest BCUT2D eigenvalue weighted by atomic mass is 10.3. The summed E-state index contributed by atoms with van der Waals surface area (Å²) in [5, 5.41) is 3.09. The topological polar surface area (TPSA) is 75.3 Å². The maximum absolute atomic E-state index is 12.1. The maximum atomic E-state index is 12.1. The molecule has 122 valence electrons. The number of amides is 1. The van der Waals surface area contributed by atoms with E-state index in [0.29, 0.717) is 10.7 Å². The van der Waals surface area contributed by atoms with E-state index in [4.69, 9.17) is 11.6 Å². The number of halogens is 1. The van der Waals surface area contributed by atoms with Crippen LogP contribution in [0.25, 0.3) is 0 Å².